The van der Waals surface area contributed by atoms with Gasteiger partial charge in [0.05, 0.1) is 5.41 Å². The van der Waals surface area contributed by atoms with Crippen molar-refractivity contribution in [3.05, 3.63) is 34.9 Å². The fraction of sp³-hybridized carbons (Fsp3) is 0.588. The highest BCUT2D eigenvalue weighted by molar-refractivity contribution is 6.31. The summed E-state index contributed by atoms with van der Waals surface area (Å²) in [6.07, 6.45) is 2.79. The molecule has 2 rings (SSSR count). The lowest BCUT2D eigenvalue weighted by molar-refractivity contribution is -0.123. The molecular weight excluding hydrogens is 284 g/mol. The minimum atomic E-state index is -0.368. The second kappa shape index (κ2) is 7.28. The fourth-order valence-electron chi connectivity index (χ4n) is 2.81. The van der Waals surface area contributed by atoms with E-state index in [4.69, 9.17) is 11.6 Å². The number of benzene rings is 1. The molecule has 0 aliphatic heterocycles. The normalized spacial score (nSPS) is 16.0. The summed E-state index contributed by atoms with van der Waals surface area (Å²) in [5.74, 6) is 0.134. The van der Waals surface area contributed by atoms with E-state index in [1.54, 1.807) is 0 Å². The van der Waals surface area contributed by atoms with Crippen LogP contribution >= 0.6 is 11.6 Å². The van der Waals surface area contributed by atoms with Crippen LogP contribution in [0.5, 0.6) is 0 Å². The maximum Gasteiger partial charge on any atom is 0.230 e. The number of halogens is 1. The van der Waals surface area contributed by atoms with Crippen LogP contribution in [0.1, 0.15) is 38.7 Å². The molecule has 1 amide bonds. The molecule has 0 unspecified atom stereocenters. The van der Waals surface area contributed by atoms with Gasteiger partial charge in [-0.15, -0.1) is 0 Å². The maximum absolute atomic E-state index is 12.5. The average Bonchev–Trinajstić information content (AvgIpc) is 3.29. The van der Waals surface area contributed by atoms with Gasteiger partial charge in [0.1, 0.15) is 0 Å². The van der Waals surface area contributed by atoms with Crippen molar-refractivity contribution >= 4 is 17.5 Å². The zero-order valence-corrected chi connectivity index (χ0v) is 13.7. The van der Waals surface area contributed by atoms with Gasteiger partial charge in [-0.3, -0.25) is 4.79 Å². The third kappa shape index (κ3) is 3.78. The molecule has 0 atom stereocenters. The van der Waals surface area contributed by atoms with Crippen LogP contribution in [-0.4, -0.2) is 37.0 Å². The Kier molecular flexibility index (Phi) is 5.65. The topological polar surface area (TPSA) is 32.3 Å². The van der Waals surface area contributed by atoms with Gasteiger partial charge >= 0.3 is 0 Å². The molecule has 1 aromatic carbocycles. The largest absolute Gasteiger partial charge is 0.355 e. The number of carbonyl (C=O) groups excluding carboxylic acids is 1. The van der Waals surface area contributed by atoms with Gasteiger partial charge in [-0.05, 0) is 50.5 Å². The molecule has 0 bridgehead atoms. The summed E-state index contributed by atoms with van der Waals surface area (Å²) < 4.78 is 0. The number of carbonyl (C=O) groups is 1. The molecule has 0 aromatic heterocycles. The summed E-state index contributed by atoms with van der Waals surface area (Å²) >= 11 is 6.25. The molecule has 1 fully saturated rings. The summed E-state index contributed by atoms with van der Waals surface area (Å²) in [5.41, 5.74) is 0.612. The summed E-state index contributed by atoms with van der Waals surface area (Å²) in [6, 6.07) is 7.70. The van der Waals surface area contributed by atoms with Crippen LogP contribution in [0.4, 0.5) is 0 Å². The molecular formula is C17H25ClN2O. The lowest BCUT2D eigenvalue weighted by Crippen LogP contribution is -2.36. The van der Waals surface area contributed by atoms with Crippen LogP contribution in [0.3, 0.4) is 0 Å². The number of nitrogens with zero attached hydrogens (tertiary/aromatic N) is 1. The van der Waals surface area contributed by atoms with Crippen molar-refractivity contribution in [2.75, 3.05) is 26.2 Å². The highest BCUT2D eigenvalue weighted by atomic mass is 35.5. The average molecular weight is 309 g/mol. The van der Waals surface area contributed by atoms with Crippen LogP contribution in [0, 0.1) is 0 Å². The molecule has 0 saturated heterocycles. The molecule has 21 heavy (non-hydrogen) atoms. The van der Waals surface area contributed by atoms with Crippen molar-refractivity contribution in [1.82, 2.24) is 10.2 Å². The Hall–Kier alpha value is -1.06. The Bertz CT molecular complexity index is 481. The Labute approximate surface area is 132 Å². The summed E-state index contributed by atoms with van der Waals surface area (Å²) in [7, 11) is 0. The number of hydrogen-bond donors (Lipinski definition) is 1. The molecule has 1 N–H and O–H groups in total. The van der Waals surface area contributed by atoms with Crippen LogP contribution in [-0.2, 0) is 10.2 Å². The predicted octanol–water partition coefficient (Wildman–Crippen LogP) is 3.22. The molecule has 3 nitrogen and oxygen atoms in total. The second-order valence-electron chi connectivity index (χ2n) is 5.70. The number of rotatable bonds is 8. The molecule has 0 heterocycles. The van der Waals surface area contributed by atoms with E-state index in [9.17, 15) is 4.79 Å². The summed E-state index contributed by atoms with van der Waals surface area (Å²) in [4.78, 5) is 14.8. The van der Waals surface area contributed by atoms with E-state index in [-0.39, 0.29) is 11.3 Å². The fourth-order valence-corrected chi connectivity index (χ4v) is 3.12. The van der Waals surface area contributed by atoms with Crippen molar-refractivity contribution in [2.45, 2.75) is 38.5 Å². The Balaban J connectivity index is 1.85. The molecule has 0 spiro atoms. The van der Waals surface area contributed by atoms with E-state index < -0.39 is 0 Å². The van der Waals surface area contributed by atoms with Gasteiger partial charge in [0.15, 0.2) is 0 Å². The van der Waals surface area contributed by atoms with Crippen molar-refractivity contribution in [3.63, 3.8) is 0 Å². The first-order valence-electron chi connectivity index (χ1n) is 7.89. The van der Waals surface area contributed by atoms with Crippen LogP contribution < -0.4 is 5.32 Å². The lowest BCUT2D eigenvalue weighted by atomic mass is 9.95. The predicted molar refractivity (Wildman–Crippen MR) is 87.8 cm³/mol. The quantitative estimate of drug-likeness (QED) is 0.748. The third-order valence-electron chi connectivity index (χ3n) is 4.41. The van der Waals surface area contributed by atoms with Gasteiger partial charge < -0.3 is 10.2 Å². The van der Waals surface area contributed by atoms with Gasteiger partial charge in [0, 0.05) is 11.6 Å². The van der Waals surface area contributed by atoms with Gasteiger partial charge in [0.2, 0.25) is 5.91 Å². The molecule has 4 heteroatoms. The maximum atomic E-state index is 12.5. The highest BCUT2D eigenvalue weighted by Gasteiger charge is 2.52. The molecule has 1 aromatic rings. The molecule has 0 radical (unpaired) electrons. The van der Waals surface area contributed by atoms with E-state index >= 15 is 0 Å². The van der Waals surface area contributed by atoms with Crippen molar-refractivity contribution in [3.8, 4) is 0 Å². The third-order valence-corrected chi connectivity index (χ3v) is 4.73. The van der Waals surface area contributed by atoms with Crippen molar-refractivity contribution in [1.29, 1.82) is 0 Å². The SMILES string of the molecule is CCN(CC)CCCNC(=O)C1(c2ccccc2Cl)CC1. The smallest absolute Gasteiger partial charge is 0.230 e. The molecule has 1 saturated carbocycles. The van der Waals surface area contributed by atoms with E-state index in [1.165, 1.54) is 0 Å². The first-order chi connectivity index (χ1) is 10.1. The van der Waals surface area contributed by atoms with Gasteiger partial charge in [-0.2, -0.15) is 0 Å². The van der Waals surface area contributed by atoms with Crippen LogP contribution in [0.15, 0.2) is 24.3 Å². The van der Waals surface area contributed by atoms with E-state index in [2.05, 4.69) is 24.1 Å². The molecule has 1 aliphatic rings. The molecule has 116 valence electrons. The highest BCUT2D eigenvalue weighted by Crippen LogP contribution is 2.50. The minimum Gasteiger partial charge on any atom is -0.355 e. The standard InChI is InChI=1S/C17H25ClN2O/c1-3-20(4-2)13-7-12-19-16(21)17(10-11-17)14-8-5-6-9-15(14)18/h5-6,8-9H,3-4,7,10-13H2,1-2H3,(H,19,21). The minimum absolute atomic E-state index is 0.134. The van der Waals surface area contributed by atoms with E-state index in [0.29, 0.717) is 5.02 Å². The summed E-state index contributed by atoms with van der Waals surface area (Å²) in [5, 5.41) is 3.79. The van der Waals surface area contributed by atoms with E-state index in [0.717, 1.165) is 51.0 Å². The zero-order valence-electron chi connectivity index (χ0n) is 13.0. The van der Waals surface area contributed by atoms with Crippen molar-refractivity contribution < 1.29 is 4.79 Å². The van der Waals surface area contributed by atoms with E-state index in [1.807, 2.05) is 24.3 Å². The first kappa shape index (κ1) is 16.3. The number of amides is 1. The first-order valence-corrected chi connectivity index (χ1v) is 8.27. The number of nitrogens with one attached hydrogen (secondary N) is 1. The molecule has 1 aliphatic carbocycles. The Morgan fingerprint density at radius 1 is 1.29 bits per heavy atom. The second-order valence-corrected chi connectivity index (χ2v) is 6.11. The van der Waals surface area contributed by atoms with Crippen molar-refractivity contribution in [2.24, 2.45) is 0 Å². The Morgan fingerprint density at radius 3 is 2.52 bits per heavy atom. The number of hydrogen-bond acceptors (Lipinski definition) is 2. The van der Waals surface area contributed by atoms with Gasteiger partial charge in [-0.1, -0.05) is 43.6 Å². The summed E-state index contributed by atoms with van der Waals surface area (Å²) in [6.45, 7) is 8.23. The monoisotopic (exact) mass is 308 g/mol. The van der Waals surface area contributed by atoms with Crippen LogP contribution in [0.2, 0.25) is 5.02 Å². The van der Waals surface area contributed by atoms with Gasteiger partial charge in [-0.25, -0.2) is 0 Å². The van der Waals surface area contributed by atoms with Crippen LogP contribution in [0.25, 0.3) is 0 Å². The van der Waals surface area contributed by atoms with Gasteiger partial charge in [0.25, 0.3) is 0 Å². The lowest BCUT2D eigenvalue weighted by Gasteiger charge is -2.19. The zero-order chi connectivity index (χ0) is 15.3. The Morgan fingerprint density at radius 2 is 1.95 bits per heavy atom.